The maximum Gasteiger partial charge on any atom is 0.390 e. The summed E-state index contributed by atoms with van der Waals surface area (Å²) < 4.78 is 40.7. The summed E-state index contributed by atoms with van der Waals surface area (Å²) >= 11 is 0. The van der Waals surface area contributed by atoms with Crippen LogP contribution in [0.2, 0.25) is 0 Å². The summed E-state index contributed by atoms with van der Waals surface area (Å²) in [5.74, 6) is -1.20. The molecular weight excluding hydrogens is 269 g/mol. The highest BCUT2D eigenvalue weighted by atomic mass is 19.4. The van der Waals surface area contributed by atoms with Gasteiger partial charge in [-0.15, -0.1) is 0 Å². The van der Waals surface area contributed by atoms with Gasteiger partial charge < -0.3 is 20.1 Å². The molecular formula is C10H15F3N2O4. The number of methoxy groups -OCH3 is 1. The number of halogens is 3. The number of aliphatic carboxylic acids is 1. The van der Waals surface area contributed by atoms with Crippen molar-refractivity contribution in [2.24, 2.45) is 0 Å². The van der Waals surface area contributed by atoms with Gasteiger partial charge in [-0.05, 0) is 0 Å². The van der Waals surface area contributed by atoms with Gasteiger partial charge in [-0.2, -0.15) is 13.2 Å². The molecule has 2 unspecified atom stereocenters. The molecule has 1 fully saturated rings. The van der Waals surface area contributed by atoms with Crippen LogP contribution in [0, 0.1) is 0 Å². The number of ether oxygens (including phenoxy) is 1. The second-order valence-electron chi connectivity index (χ2n) is 4.20. The number of carboxylic acid groups (broad SMARTS) is 1. The van der Waals surface area contributed by atoms with Gasteiger partial charge in [0.2, 0.25) is 0 Å². The van der Waals surface area contributed by atoms with Gasteiger partial charge in [0.15, 0.2) is 0 Å². The number of carboxylic acids is 1. The van der Waals surface area contributed by atoms with Crippen LogP contribution < -0.4 is 5.32 Å². The van der Waals surface area contributed by atoms with E-state index in [1.807, 2.05) is 0 Å². The van der Waals surface area contributed by atoms with Crippen LogP contribution in [0.1, 0.15) is 12.8 Å². The van der Waals surface area contributed by atoms with E-state index in [1.54, 1.807) is 0 Å². The molecule has 1 aliphatic rings. The molecule has 0 saturated carbocycles. The average Bonchev–Trinajstić information content (AvgIpc) is 2.71. The summed E-state index contributed by atoms with van der Waals surface area (Å²) in [5, 5.41) is 11.0. The number of likely N-dealkylation sites (tertiary alicyclic amines) is 1. The monoisotopic (exact) mass is 284 g/mol. The zero-order valence-corrected chi connectivity index (χ0v) is 10.2. The molecule has 0 spiro atoms. The molecule has 1 aliphatic heterocycles. The first-order chi connectivity index (χ1) is 8.74. The van der Waals surface area contributed by atoms with Crippen LogP contribution in [0.4, 0.5) is 18.0 Å². The van der Waals surface area contributed by atoms with Gasteiger partial charge in [0, 0.05) is 26.6 Å². The van der Waals surface area contributed by atoms with Gasteiger partial charge in [0.05, 0.1) is 12.5 Å². The van der Waals surface area contributed by atoms with E-state index in [-0.39, 0.29) is 13.0 Å². The van der Waals surface area contributed by atoms with Gasteiger partial charge in [-0.3, -0.25) is 0 Å². The van der Waals surface area contributed by atoms with Crippen molar-refractivity contribution in [2.75, 3.05) is 20.2 Å². The third kappa shape index (κ3) is 4.58. The number of nitrogens with one attached hydrogen (secondary N) is 1. The van der Waals surface area contributed by atoms with Crippen LogP contribution in [0.15, 0.2) is 0 Å². The standard InChI is InChI=1S/C10H15F3N2O4/c1-19-6-4-7(8(16)17)15(5-6)9(18)14-3-2-10(11,12)13/h6-7H,2-5H2,1H3,(H,14,18)(H,16,17). The zero-order chi connectivity index (χ0) is 14.6. The summed E-state index contributed by atoms with van der Waals surface area (Å²) in [6.07, 6.45) is -5.81. The van der Waals surface area contributed by atoms with Crippen molar-refractivity contribution >= 4 is 12.0 Å². The number of alkyl halides is 3. The van der Waals surface area contributed by atoms with E-state index in [1.165, 1.54) is 7.11 Å². The quantitative estimate of drug-likeness (QED) is 0.801. The van der Waals surface area contributed by atoms with Crippen molar-refractivity contribution in [3.05, 3.63) is 0 Å². The molecule has 0 aliphatic carbocycles. The lowest BCUT2D eigenvalue weighted by molar-refractivity contribution is -0.141. The van der Waals surface area contributed by atoms with Gasteiger partial charge in [-0.1, -0.05) is 0 Å². The lowest BCUT2D eigenvalue weighted by Crippen LogP contribution is -2.46. The molecule has 0 aromatic carbocycles. The van der Waals surface area contributed by atoms with E-state index in [2.05, 4.69) is 5.32 Å². The highest BCUT2D eigenvalue weighted by Gasteiger charge is 2.40. The second kappa shape index (κ2) is 6.09. The molecule has 0 bridgehead atoms. The molecule has 19 heavy (non-hydrogen) atoms. The highest BCUT2D eigenvalue weighted by molar-refractivity contribution is 5.83. The minimum absolute atomic E-state index is 0.0469. The molecule has 0 aromatic heterocycles. The Hall–Kier alpha value is -1.51. The maximum absolute atomic E-state index is 11.9. The van der Waals surface area contributed by atoms with Crippen molar-refractivity contribution in [1.29, 1.82) is 0 Å². The Bertz CT molecular complexity index is 348. The zero-order valence-electron chi connectivity index (χ0n) is 10.2. The van der Waals surface area contributed by atoms with Crippen LogP contribution in [-0.2, 0) is 9.53 Å². The number of hydrogen-bond donors (Lipinski definition) is 2. The molecule has 6 nitrogen and oxygen atoms in total. The summed E-state index contributed by atoms with van der Waals surface area (Å²) in [6.45, 7) is -0.534. The van der Waals surface area contributed by atoms with Crippen LogP contribution in [0.3, 0.4) is 0 Å². The summed E-state index contributed by atoms with van der Waals surface area (Å²) in [4.78, 5) is 23.6. The molecule has 110 valence electrons. The third-order valence-electron chi connectivity index (χ3n) is 2.83. The van der Waals surface area contributed by atoms with E-state index in [4.69, 9.17) is 9.84 Å². The highest BCUT2D eigenvalue weighted by Crippen LogP contribution is 2.21. The minimum atomic E-state index is -4.36. The number of nitrogens with zero attached hydrogens (tertiary/aromatic N) is 1. The van der Waals surface area contributed by atoms with E-state index < -0.39 is 43.3 Å². The number of carbonyl (C=O) groups is 2. The number of urea groups is 1. The smallest absolute Gasteiger partial charge is 0.390 e. The summed E-state index contributed by atoms with van der Waals surface area (Å²) in [5.41, 5.74) is 0. The first-order valence-corrected chi connectivity index (χ1v) is 5.61. The topological polar surface area (TPSA) is 78.9 Å². The number of rotatable bonds is 4. The molecule has 2 amide bonds. The molecule has 1 heterocycles. The third-order valence-corrected chi connectivity index (χ3v) is 2.83. The lowest BCUT2D eigenvalue weighted by atomic mass is 10.2. The molecule has 2 atom stereocenters. The van der Waals surface area contributed by atoms with E-state index in [9.17, 15) is 22.8 Å². The van der Waals surface area contributed by atoms with Crippen molar-refractivity contribution < 1.29 is 32.6 Å². The Morgan fingerprint density at radius 1 is 1.47 bits per heavy atom. The predicted molar refractivity (Wildman–Crippen MR) is 57.6 cm³/mol. The normalized spacial score (nSPS) is 23.5. The molecule has 1 saturated heterocycles. The average molecular weight is 284 g/mol. The van der Waals surface area contributed by atoms with Crippen molar-refractivity contribution in [3.63, 3.8) is 0 Å². The molecule has 2 N–H and O–H groups in total. The molecule has 0 aromatic rings. The van der Waals surface area contributed by atoms with Crippen LogP contribution in [0.25, 0.3) is 0 Å². The number of amides is 2. The fraction of sp³-hybridized carbons (Fsp3) is 0.800. The van der Waals surface area contributed by atoms with E-state index >= 15 is 0 Å². The number of carbonyl (C=O) groups excluding carboxylic acids is 1. The lowest BCUT2D eigenvalue weighted by Gasteiger charge is -2.21. The van der Waals surface area contributed by atoms with E-state index in [0.717, 1.165) is 4.90 Å². The molecule has 9 heteroatoms. The Morgan fingerprint density at radius 3 is 2.58 bits per heavy atom. The van der Waals surface area contributed by atoms with Gasteiger partial charge in [0.25, 0.3) is 0 Å². The molecule has 1 rings (SSSR count). The predicted octanol–water partition coefficient (Wildman–Crippen LogP) is 0.822. The fourth-order valence-corrected chi connectivity index (χ4v) is 1.84. The Morgan fingerprint density at radius 2 is 2.11 bits per heavy atom. The first-order valence-electron chi connectivity index (χ1n) is 5.61. The Labute approximate surface area is 107 Å². The second-order valence-corrected chi connectivity index (χ2v) is 4.20. The van der Waals surface area contributed by atoms with Crippen molar-refractivity contribution in [2.45, 2.75) is 31.2 Å². The summed E-state index contributed by atoms with van der Waals surface area (Å²) in [6, 6.07) is -1.90. The van der Waals surface area contributed by atoms with Crippen LogP contribution in [-0.4, -0.2) is 60.5 Å². The summed E-state index contributed by atoms with van der Waals surface area (Å²) in [7, 11) is 1.38. The number of hydrogen-bond acceptors (Lipinski definition) is 3. The SMILES string of the molecule is COC1CC(C(=O)O)N(C(=O)NCCC(F)(F)F)C1. The van der Waals surface area contributed by atoms with Gasteiger partial charge in [0.1, 0.15) is 6.04 Å². The van der Waals surface area contributed by atoms with Crippen molar-refractivity contribution in [3.8, 4) is 0 Å². The van der Waals surface area contributed by atoms with Gasteiger partial charge >= 0.3 is 18.2 Å². The van der Waals surface area contributed by atoms with E-state index in [0.29, 0.717) is 0 Å². The largest absolute Gasteiger partial charge is 0.480 e. The van der Waals surface area contributed by atoms with Crippen LogP contribution in [0.5, 0.6) is 0 Å². The van der Waals surface area contributed by atoms with Gasteiger partial charge in [-0.25, -0.2) is 9.59 Å². The molecule has 0 radical (unpaired) electrons. The Kier molecular flexibility index (Phi) is 4.98. The maximum atomic E-state index is 11.9. The fourth-order valence-electron chi connectivity index (χ4n) is 1.84. The first kappa shape index (κ1) is 15.5. The minimum Gasteiger partial charge on any atom is -0.480 e. The van der Waals surface area contributed by atoms with Crippen molar-refractivity contribution in [1.82, 2.24) is 10.2 Å². The van der Waals surface area contributed by atoms with Crippen LogP contribution >= 0.6 is 0 Å². The Balaban J connectivity index is 2.52.